The van der Waals surface area contributed by atoms with Crippen LogP contribution >= 0.6 is 7.80 Å². The lowest BCUT2D eigenvalue weighted by atomic mass is 10.0. The quantitative estimate of drug-likeness (QED) is 0.583. The molecule has 0 heterocycles. The molecule has 2 heteroatoms. The molecule has 1 rings (SSSR count). The maximum Gasteiger partial charge on any atom is 0.344 e. The minimum absolute atomic E-state index is 0.396. The third-order valence-corrected chi connectivity index (χ3v) is 4.70. The lowest BCUT2D eigenvalue weighted by Crippen LogP contribution is -2.10. The molecule has 64 valence electrons. The second-order valence-electron chi connectivity index (χ2n) is 3.75. The predicted octanol–water partition coefficient (Wildman–Crippen LogP) is 3.55. The summed E-state index contributed by atoms with van der Waals surface area (Å²) in [6, 6.07) is 0. The molecular formula is C9H18OP+. The number of hydrogen-bond acceptors (Lipinski definition) is 1. The molecule has 0 amide bonds. The van der Waals surface area contributed by atoms with E-state index in [4.69, 9.17) is 0 Å². The Kier molecular flexibility index (Phi) is 3.51. The molecule has 1 fully saturated rings. The van der Waals surface area contributed by atoms with Crippen molar-refractivity contribution in [2.75, 3.05) is 0 Å². The van der Waals surface area contributed by atoms with Crippen molar-refractivity contribution < 1.29 is 4.57 Å². The molecule has 0 N–H and O–H groups in total. The van der Waals surface area contributed by atoms with Crippen LogP contribution in [0.2, 0.25) is 0 Å². The maximum absolute atomic E-state index is 11.6. The molecule has 1 atom stereocenters. The molecule has 1 aliphatic carbocycles. The summed E-state index contributed by atoms with van der Waals surface area (Å²) in [5.74, 6) is 0. The normalized spacial score (nSPS) is 22.3. The van der Waals surface area contributed by atoms with Gasteiger partial charge in [0.15, 0.2) is 11.3 Å². The predicted molar refractivity (Wildman–Crippen MR) is 49.6 cm³/mol. The highest BCUT2D eigenvalue weighted by atomic mass is 31.1. The van der Waals surface area contributed by atoms with Gasteiger partial charge >= 0.3 is 7.80 Å². The van der Waals surface area contributed by atoms with E-state index in [1.54, 1.807) is 0 Å². The van der Waals surface area contributed by atoms with E-state index in [0.29, 0.717) is 11.3 Å². The van der Waals surface area contributed by atoms with Gasteiger partial charge in [0.1, 0.15) is 0 Å². The van der Waals surface area contributed by atoms with Gasteiger partial charge in [-0.2, -0.15) is 0 Å². The first-order valence-corrected chi connectivity index (χ1v) is 6.07. The van der Waals surface area contributed by atoms with Gasteiger partial charge in [0, 0.05) is 0 Å². The third kappa shape index (κ3) is 2.56. The van der Waals surface area contributed by atoms with E-state index in [0.717, 1.165) is 0 Å². The summed E-state index contributed by atoms with van der Waals surface area (Å²) in [5, 5.41) is 0. The standard InChI is InChI=1S/C9H18OP/c1-8(2)11(10)9-6-4-3-5-7-9/h8-9H,3-7H2,1-2H3/q+1. The van der Waals surface area contributed by atoms with Gasteiger partial charge in [-0.1, -0.05) is 11.0 Å². The highest BCUT2D eigenvalue weighted by Gasteiger charge is 2.33. The van der Waals surface area contributed by atoms with Crippen LogP contribution in [-0.4, -0.2) is 11.3 Å². The van der Waals surface area contributed by atoms with Crippen molar-refractivity contribution in [2.45, 2.75) is 57.3 Å². The van der Waals surface area contributed by atoms with E-state index in [-0.39, 0.29) is 0 Å². The molecule has 0 radical (unpaired) electrons. The van der Waals surface area contributed by atoms with Gasteiger partial charge in [0.25, 0.3) is 0 Å². The van der Waals surface area contributed by atoms with Crippen molar-refractivity contribution in [3.05, 3.63) is 0 Å². The first-order chi connectivity index (χ1) is 5.22. The Hall–Kier alpha value is 0.100. The second kappa shape index (κ2) is 4.21. The summed E-state index contributed by atoms with van der Waals surface area (Å²) in [6.45, 7) is 4.15. The third-order valence-electron chi connectivity index (χ3n) is 2.44. The molecule has 0 aromatic heterocycles. The Morgan fingerprint density at radius 3 is 2.18 bits per heavy atom. The van der Waals surface area contributed by atoms with Gasteiger partial charge < -0.3 is 0 Å². The van der Waals surface area contributed by atoms with E-state index in [1.807, 2.05) is 0 Å². The second-order valence-corrected chi connectivity index (χ2v) is 6.23. The van der Waals surface area contributed by atoms with E-state index < -0.39 is 7.80 Å². The molecule has 0 aromatic rings. The topological polar surface area (TPSA) is 17.1 Å². The van der Waals surface area contributed by atoms with Gasteiger partial charge in [0.2, 0.25) is 0 Å². The van der Waals surface area contributed by atoms with Gasteiger partial charge in [-0.15, -0.1) is 0 Å². The Labute approximate surface area is 70.4 Å². The van der Waals surface area contributed by atoms with Crippen LogP contribution in [0.3, 0.4) is 0 Å². The zero-order valence-corrected chi connectivity index (χ0v) is 8.44. The zero-order chi connectivity index (χ0) is 8.27. The molecule has 0 bridgehead atoms. The highest BCUT2D eigenvalue weighted by Crippen LogP contribution is 2.41. The van der Waals surface area contributed by atoms with Crippen LogP contribution in [0.4, 0.5) is 0 Å². The summed E-state index contributed by atoms with van der Waals surface area (Å²) in [7, 11) is -0.908. The van der Waals surface area contributed by atoms with Crippen LogP contribution in [-0.2, 0) is 4.57 Å². The van der Waals surface area contributed by atoms with Crippen LogP contribution in [0.25, 0.3) is 0 Å². The molecule has 1 nitrogen and oxygen atoms in total. The maximum atomic E-state index is 11.6. The minimum Gasteiger partial charge on any atom is -0.0742 e. The lowest BCUT2D eigenvalue weighted by molar-refractivity contribution is 0.488. The molecule has 0 aromatic carbocycles. The SMILES string of the molecule is CC(C)[P+](=O)C1CCCCC1. The largest absolute Gasteiger partial charge is 0.344 e. The fourth-order valence-electron chi connectivity index (χ4n) is 1.76. The lowest BCUT2D eigenvalue weighted by Gasteiger charge is -2.13. The molecule has 11 heavy (non-hydrogen) atoms. The first-order valence-electron chi connectivity index (χ1n) is 4.67. The Balaban J connectivity index is 2.39. The molecular weight excluding hydrogens is 155 g/mol. The fourth-order valence-corrected chi connectivity index (χ4v) is 3.47. The van der Waals surface area contributed by atoms with Crippen molar-refractivity contribution in [3.8, 4) is 0 Å². The van der Waals surface area contributed by atoms with Gasteiger partial charge in [-0.25, -0.2) is 0 Å². The van der Waals surface area contributed by atoms with Crippen molar-refractivity contribution in [2.24, 2.45) is 0 Å². The number of hydrogen-bond donors (Lipinski definition) is 0. The van der Waals surface area contributed by atoms with Crippen LogP contribution < -0.4 is 0 Å². The monoisotopic (exact) mass is 173 g/mol. The van der Waals surface area contributed by atoms with Gasteiger partial charge in [0.05, 0.1) is 0 Å². The minimum atomic E-state index is -0.908. The van der Waals surface area contributed by atoms with E-state index in [9.17, 15) is 4.57 Å². The summed E-state index contributed by atoms with van der Waals surface area (Å²) in [4.78, 5) is 0. The smallest absolute Gasteiger partial charge is 0.0742 e. The van der Waals surface area contributed by atoms with Crippen molar-refractivity contribution in [3.63, 3.8) is 0 Å². The first kappa shape index (κ1) is 9.19. The molecule has 1 aliphatic rings. The van der Waals surface area contributed by atoms with Crippen LogP contribution in [0.1, 0.15) is 46.0 Å². The van der Waals surface area contributed by atoms with Crippen molar-refractivity contribution in [1.29, 1.82) is 0 Å². The molecule has 1 unspecified atom stereocenters. The molecule has 0 spiro atoms. The number of rotatable bonds is 2. The van der Waals surface area contributed by atoms with Gasteiger partial charge in [-0.05, 0) is 39.5 Å². The van der Waals surface area contributed by atoms with Crippen LogP contribution in [0.15, 0.2) is 0 Å². The highest BCUT2D eigenvalue weighted by molar-refractivity contribution is 7.46. The zero-order valence-electron chi connectivity index (χ0n) is 7.55. The average Bonchev–Trinajstić information content (AvgIpc) is 2.05. The van der Waals surface area contributed by atoms with Crippen molar-refractivity contribution >= 4 is 7.80 Å². The van der Waals surface area contributed by atoms with E-state index >= 15 is 0 Å². The Morgan fingerprint density at radius 2 is 1.73 bits per heavy atom. The van der Waals surface area contributed by atoms with Crippen LogP contribution in [0.5, 0.6) is 0 Å². The summed E-state index contributed by atoms with van der Waals surface area (Å²) < 4.78 is 11.6. The molecule has 1 saturated carbocycles. The summed E-state index contributed by atoms with van der Waals surface area (Å²) >= 11 is 0. The summed E-state index contributed by atoms with van der Waals surface area (Å²) in [5.41, 5.74) is 0.951. The fraction of sp³-hybridized carbons (Fsp3) is 1.00. The Bertz CT molecular complexity index is 136. The summed E-state index contributed by atoms with van der Waals surface area (Å²) in [6.07, 6.45) is 6.40. The van der Waals surface area contributed by atoms with Crippen LogP contribution in [0, 0.1) is 0 Å². The van der Waals surface area contributed by atoms with Gasteiger partial charge in [-0.3, -0.25) is 0 Å². The van der Waals surface area contributed by atoms with E-state index in [2.05, 4.69) is 13.8 Å². The average molecular weight is 173 g/mol. The van der Waals surface area contributed by atoms with E-state index in [1.165, 1.54) is 32.1 Å². The molecule has 0 aliphatic heterocycles. The molecule has 0 saturated heterocycles. The Morgan fingerprint density at radius 1 is 1.18 bits per heavy atom. The van der Waals surface area contributed by atoms with Crippen molar-refractivity contribution in [1.82, 2.24) is 0 Å².